The number of nitrogens with zero attached hydrogens (tertiary/aromatic N) is 1. The van der Waals surface area contributed by atoms with Crippen LogP contribution in [0.5, 0.6) is 0 Å². The van der Waals surface area contributed by atoms with Gasteiger partial charge < -0.3 is 0 Å². The Hall–Kier alpha value is -2.39. The van der Waals surface area contributed by atoms with Crippen LogP contribution in [0.3, 0.4) is 0 Å². The molecule has 2 rings (SSSR count). The fourth-order valence-electron chi connectivity index (χ4n) is 1.90. The van der Waals surface area contributed by atoms with Crippen molar-refractivity contribution in [1.82, 2.24) is 0 Å². The molecule has 2 aromatic rings. The molecule has 0 aromatic heterocycles. The van der Waals surface area contributed by atoms with Crippen LogP contribution in [-0.4, -0.2) is 8.42 Å². The first kappa shape index (κ1) is 15.0. The fraction of sp³-hybridized carbons (Fsp3) is 0.133. The van der Waals surface area contributed by atoms with Gasteiger partial charge in [0.15, 0.2) is 0 Å². The van der Waals surface area contributed by atoms with Crippen molar-refractivity contribution in [1.29, 1.82) is 5.26 Å². The summed E-state index contributed by atoms with van der Waals surface area (Å²) in [5.41, 5.74) is 1.57. The third kappa shape index (κ3) is 3.20. The minimum absolute atomic E-state index is 0.0327. The van der Waals surface area contributed by atoms with Gasteiger partial charge in [0.05, 0.1) is 22.2 Å². The number of hydrogen-bond donors (Lipinski definition) is 1. The first-order chi connectivity index (χ1) is 9.83. The number of anilines is 1. The van der Waals surface area contributed by atoms with Crippen molar-refractivity contribution < 1.29 is 12.8 Å². The number of rotatable bonds is 3. The van der Waals surface area contributed by atoms with Crippen molar-refractivity contribution in [3.63, 3.8) is 0 Å². The van der Waals surface area contributed by atoms with E-state index in [4.69, 9.17) is 5.26 Å². The van der Waals surface area contributed by atoms with Crippen LogP contribution < -0.4 is 4.72 Å². The van der Waals surface area contributed by atoms with Crippen LogP contribution in [0.1, 0.15) is 16.7 Å². The molecule has 108 valence electrons. The van der Waals surface area contributed by atoms with Gasteiger partial charge in [-0.05, 0) is 55.3 Å². The number of nitrogens with one attached hydrogen (secondary N) is 1. The van der Waals surface area contributed by atoms with E-state index in [0.29, 0.717) is 16.8 Å². The van der Waals surface area contributed by atoms with Crippen LogP contribution in [0, 0.1) is 31.0 Å². The molecule has 0 bridgehead atoms. The topological polar surface area (TPSA) is 70.0 Å². The van der Waals surface area contributed by atoms with Crippen LogP contribution in [-0.2, 0) is 10.0 Å². The Morgan fingerprint density at radius 2 is 1.81 bits per heavy atom. The number of hydrogen-bond acceptors (Lipinski definition) is 3. The van der Waals surface area contributed by atoms with Gasteiger partial charge in [-0.15, -0.1) is 0 Å². The second kappa shape index (κ2) is 5.54. The molecule has 0 saturated carbocycles. The number of nitriles is 1. The maximum atomic E-state index is 13.1. The fourth-order valence-corrected chi connectivity index (χ4v) is 3.30. The predicted molar refractivity (Wildman–Crippen MR) is 77.8 cm³/mol. The smallest absolute Gasteiger partial charge is 0.262 e. The van der Waals surface area contributed by atoms with Gasteiger partial charge in [0, 0.05) is 0 Å². The number of aryl methyl sites for hydroxylation is 2. The van der Waals surface area contributed by atoms with Crippen LogP contribution >= 0.6 is 0 Å². The average molecular weight is 304 g/mol. The standard InChI is InChI=1S/C15H13FN2O2S/c1-10-3-4-12(9-17)8-15(10)21(19,20)18-14-6-5-13(16)7-11(14)2/h3-8,18H,1-2H3. The quantitative estimate of drug-likeness (QED) is 0.947. The predicted octanol–water partition coefficient (Wildman–Crippen LogP) is 3.12. The van der Waals surface area contributed by atoms with Gasteiger partial charge in [0.2, 0.25) is 0 Å². The summed E-state index contributed by atoms with van der Waals surface area (Å²) in [4.78, 5) is 0.0327. The van der Waals surface area contributed by atoms with Crippen LogP contribution in [0.15, 0.2) is 41.3 Å². The molecule has 1 N–H and O–H groups in total. The van der Waals surface area contributed by atoms with Crippen LogP contribution in [0.25, 0.3) is 0 Å². The van der Waals surface area contributed by atoms with Crippen molar-refractivity contribution in [2.45, 2.75) is 18.7 Å². The Morgan fingerprint density at radius 1 is 1.10 bits per heavy atom. The van der Waals surface area contributed by atoms with E-state index >= 15 is 0 Å². The largest absolute Gasteiger partial charge is 0.279 e. The van der Waals surface area contributed by atoms with Crippen molar-refractivity contribution in [3.05, 3.63) is 58.9 Å². The highest BCUT2D eigenvalue weighted by molar-refractivity contribution is 7.92. The van der Waals surface area contributed by atoms with Gasteiger partial charge in [-0.1, -0.05) is 6.07 Å². The zero-order valence-corrected chi connectivity index (χ0v) is 12.3. The minimum atomic E-state index is -3.84. The lowest BCUT2D eigenvalue weighted by Crippen LogP contribution is -2.15. The van der Waals surface area contributed by atoms with E-state index in [2.05, 4.69) is 4.72 Å². The van der Waals surface area contributed by atoms with Gasteiger partial charge in [-0.2, -0.15) is 5.26 Å². The molecule has 6 heteroatoms. The molecule has 4 nitrogen and oxygen atoms in total. The molecule has 0 unspecified atom stereocenters. The molecule has 0 amide bonds. The van der Waals surface area contributed by atoms with Crippen molar-refractivity contribution in [2.24, 2.45) is 0 Å². The van der Waals surface area contributed by atoms with E-state index < -0.39 is 15.8 Å². The SMILES string of the molecule is Cc1cc(F)ccc1NS(=O)(=O)c1cc(C#N)ccc1C. The Kier molecular flexibility index (Phi) is 3.96. The number of sulfonamides is 1. The van der Waals surface area contributed by atoms with E-state index in [1.54, 1.807) is 26.0 Å². The second-order valence-corrected chi connectivity index (χ2v) is 6.31. The first-order valence-electron chi connectivity index (χ1n) is 6.13. The highest BCUT2D eigenvalue weighted by atomic mass is 32.2. The Labute approximate surface area is 122 Å². The molecule has 2 aromatic carbocycles. The maximum Gasteiger partial charge on any atom is 0.262 e. The Balaban J connectivity index is 2.46. The van der Waals surface area contributed by atoms with Gasteiger partial charge in [-0.25, -0.2) is 12.8 Å². The molecule has 0 fully saturated rings. The average Bonchev–Trinajstić information content (AvgIpc) is 2.42. The number of halogens is 1. The minimum Gasteiger partial charge on any atom is -0.279 e. The second-order valence-electron chi connectivity index (χ2n) is 4.66. The van der Waals surface area contributed by atoms with E-state index in [1.165, 1.54) is 24.3 Å². The third-order valence-corrected chi connectivity index (χ3v) is 4.55. The Morgan fingerprint density at radius 3 is 2.43 bits per heavy atom. The highest BCUT2D eigenvalue weighted by Crippen LogP contribution is 2.23. The Bertz CT molecular complexity index is 839. The summed E-state index contributed by atoms with van der Waals surface area (Å²) in [5.74, 6) is -0.432. The molecule has 0 aliphatic carbocycles. The molecule has 21 heavy (non-hydrogen) atoms. The zero-order valence-electron chi connectivity index (χ0n) is 11.5. The molecule has 0 aliphatic heterocycles. The number of benzene rings is 2. The van der Waals surface area contributed by atoms with Crippen molar-refractivity contribution >= 4 is 15.7 Å². The third-order valence-electron chi connectivity index (χ3n) is 3.04. The lowest BCUT2D eigenvalue weighted by Gasteiger charge is -2.12. The van der Waals surface area contributed by atoms with Crippen molar-refractivity contribution in [2.75, 3.05) is 4.72 Å². The summed E-state index contributed by atoms with van der Waals surface area (Å²) in [6.07, 6.45) is 0. The van der Waals surface area contributed by atoms with Gasteiger partial charge in [-0.3, -0.25) is 4.72 Å². The summed E-state index contributed by atoms with van der Waals surface area (Å²) >= 11 is 0. The molecular weight excluding hydrogens is 291 g/mol. The first-order valence-corrected chi connectivity index (χ1v) is 7.61. The van der Waals surface area contributed by atoms with Crippen molar-refractivity contribution in [3.8, 4) is 6.07 Å². The van der Waals surface area contributed by atoms with E-state index in [0.717, 1.165) is 0 Å². The summed E-state index contributed by atoms with van der Waals surface area (Å²) in [7, 11) is -3.84. The van der Waals surface area contributed by atoms with E-state index in [9.17, 15) is 12.8 Å². The van der Waals surface area contributed by atoms with Gasteiger partial charge in [0.1, 0.15) is 5.82 Å². The summed E-state index contributed by atoms with van der Waals surface area (Å²) in [6.45, 7) is 3.26. The molecule has 0 radical (unpaired) electrons. The molecule has 0 saturated heterocycles. The maximum absolute atomic E-state index is 13.1. The van der Waals surface area contributed by atoms with E-state index in [1.807, 2.05) is 6.07 Å². The van der Waals surface area contributed by atoms with E-state index in [-0.39, 0.29) is 10.5 Å². The van der Waals surface area contributed by atoms with Crippen LogP contribution in [0.2, 0.25) is 0 Å². The monoisotopic (exact) mass is 304 g/mol. The molecule has 0 spiro atoms. The normalized spacial score (nSPS) is 11.0. The van der Waals surface area contributed by atoms with Gasteiger partial charge in [0.25, 0.3) is 10.0 Å². The van der Waals surface area contributed by atoms with Gasteiger partial charge >= 0.3 is 0 Å². The highest BCUT2D eigenvalue weighted by Gasteiger charge is 2.18. The lowest BCUT2D eigenvalue weighted by molar-refractivity contribution is 0.600. The zero-order chi connectivity index (χ0) is 15.6. The summed E-state index contributed by atoms with van der Waals surface area (Å²) in [6, 6.07) is 10.1. The summed E-state index contributed by atoms with van der Waals surface area (Å²) < 4.78 is 40.3. The molecular formula is C15H13FN2O2S. The molecule has 0 aliphatic rings. The summed E-state index contributed by atoms with van der Waals surface area (Å²) in [5, 5.41) is 8.88. The molecule has 0 atom stereocenters. The lowest BCUT2D eigenvalue weighted by atomic mass is 10.2. The van der Waals surface area contributed by atoms with Crippen LogP contribution in [0.4, 0.5) is 10.1 Å². The molecule has 0 heterocycles.